The average Bonchev–Trinajstić information content (AvgIpc) is 2.77. The number of carbonyl (C=O) groups is 4. The van der Waals surface area contributed by atoms with Crippen molar-refractivity contribution in [2.75, 3.05) is 38.1 Å². The summed E-state index contributed by atoms with van der Waals surface area (Å²) in [6.45, 7) is 5.51. The maximum absolute atomic E-state index is 12.7. The minimum atomic E-state index is -0.874. The Morgan fingerprint density at radius 3 is 2.58 bits per heavy atom. The summed E-state index contributed by atoms with van der Waals surface area (Å²) in [5.74, 6) is -1.27. The van der Waals surface area contributed by atoms with E-state index in [1.54, 1.807) is 24.3 Å². The van der Waals surface area contributed by atoms with Crippen molar-refractivity contribution < 1.29 is 23.9 Å². The van der Waals surface area contributed by atoms with E-state index in [1.807, 2.05) is 6.92 Å². The van der Waals surface area contributed by atoms with E-state index in [9.17, 15) is 19.2 Å². The highest BCUT2D eigenvalue weighted by atomic mass is 16.5. The molecule has 0 spiro atoms. The van der Waals surface area contributed by atoms with Crippen LogP contribution in [0.1, 0.15) is 49.9 Å². The van der Waals surface area contributed by atoms with Gasteiger partial charge in [0.2, 0.25) is 11.8 Å². The fraction of sp³-hybridized carbons (Fsp3) is 0.545. The van der Waals surface area contributed by atoms with E-state index in [4.69, 9.17) is 4.74 Å². The predicted molar refractivity (Wildman–Crippen MR) is 117 cm³/mol. The number of nitrogens with one attached hydrogen (secondary N) is 3. The highest BCUT2D eigenvalue weighted by Gasteiger charge is 2.34. The van der Waals surface area contributed by atoms with Gasteiger partial charge >= 0.3 is 5.97 Å². The lowest BCUT2D eigenvalue weighted by Crippen LogP contribution is -2.58. The molecule has 1 unspecified atom stereocenters. The highest BCUT2D eigenvalue weighted by molar-refractivity contribution is 5.95. The SMILES string of the molecule is CCCCNC(=O)c1ccc(NCC(=O)N2CCNC(=O)C2CC(=O)OCCC)cc1. The van der Waals surface area contributed by atoms with E-state index < -0.39 is 12.0 Å². The Hall–Kier alpha value is -3.10. The number of anilines is 1. The standard InChI is InChI=1S/C22H32N4O5/c1-3-5-10-23-21(29)16-6-8-17(9-7-16)25-15-19(27)26-12-11-24-22(30)18(26)14-20(28)31-13-4-2/h6-9,18,25H,3-5,10-15H2,1-2H3,(H,23,29)(H,24,30). The van der Waals surface area contributed by atoms with Crippen LogP contribution in [0.25, 0.3) is 0 Å². The number of hydrogen-bond acceptors (Lipinski definition) is 6. The third-order valence-electron chi connectivity index (χ3n) is 4.89. The van der Waals surface area contributed by atoms with Crippen LogP contribution in [0.3, 0.4) is 0 Å². The quantitative estimate of drug-likeness (QED) is 0.358. The number of carbonyl (C=O) groups excluding carboxylic acids is 4. The third-order valence-corrected chi connectivity index (χ3v) is 4.89. The molecule has 1 aromatic carbocycles. The van der Waals surface area contributed by atoms with Crippen LogP contribution in [0.15, 0.2) is 24.3 Å². The largest absolute Gasteiger partial charge is 0.466 e. The molecular formula is C22H32N4O5. The topological polar surface area (TPSA) is 117 Å². The molecule has 0 radical (unpaired) electrons. The first-order valence-corrected chi connectivity index (χ1v) is 10.8. The molecule has 31 heavy (non-hydrogen) atoms. The van der Waals surface area contributed by atoms with Gasteiger partial charge in [0, 0.05) is 30.9 Å². The molecule has 9 nitrogen and oxygen atoms in total. The van der Waals surface area contributed by atoms with Gasteiger partial charge in [0.05, 0.1) is 19.6 Å². The number of unbranched alkanes of at least 4 members (excludes halogenated alkanes) is 1. The zero-order valence-corrected chi connectivity index (χ0v) is 18.2. The van der Waals surface area contributed by atoms with Gasteiger partial charge in [-0.3, -0.25) is 19.2 Å². The third kappa shape index (κ3) is 7.58. The summed E-state index contributed by atoms with van der Waals surface area (Å²) >= 11 is 0. The molecule has 3 N–H and O–H groups in total. The van der Waals surface area contributed by atoms with E-state index in [2.05, 4.69) is 22.9 Å². The summed E-state index contributed by atoms with van der Waals surface area (Å²) in [5, 5.41) is 8.55. The molecule has 1 fully saturated rings. The van der Waals surface area contributed by atoms with Crippen LogP contribution in [-0.4, -0.2) is 67.4 Å². The van der Waals surface area contributed by atoms with Crippen LogP contribution in [0.5, 0.6) is 0 Å². The predicted octanol–water partition coefficient (Wildman–Crippen LogP) is 1.30. The van der Waals surface area contributed by atoms with Gasteiger partial charge in [-0.15, -0.1) is 0 Å². The van der Waals surface area contributed by atoms with Crippen molar-refractivity contribution in [2.24, 2.45) is 0 Å². The Balaban J connectivity index is 1.90. The molecule has 1 heterocycles. The molecule has 170 valence electrons. The lowest BCUT2D eigenvalue weighted by molar-refractivity contribution is -0.151. The number of rotatable bonds is 11. The first-order valence-electron chi connectivity index (χ1n) is 10.8. The Morgan fingerprint density at radius 1 is 1.16 bits per heavy atom. The maximum atomic E-state index is 12.7. The monoisotopic (exact) mass is 432 g/mol. The van der Waals surface area contributed by atoms with Crippen LogP contribution in [0, 0.1) is 0 Å². The molecular weight excluding hydrogens is 400 g/mol. The average molecular weight is 433 g/mol. The van der Waals surface area contributed by atoms with E-state index >= 15 is 0 Å². The number of hydrogen-bond donors (Lipinski definition) is 3. The van der Waals surface area contributed by atoms with E-state index in [0.717, 1.165) is 12.8 Å². The van der Waals surface area contributed by atoms with Crippen molar-refractivity contribution in [2.45, 2.75) is 45.6 Å². The van der Waals surface area contributed by atoms with Gasteiger partial charge in [0.1, 0.15) is 6.04 Å². The van der Waals surface area contributed by atoms with Crippen molar-refractivity contribution in [3.63, 3.8) is 0 Å². The lowest BCUT2D eigenvalue weighted by atomic mass is 10.1. The van der Waals surface area contributed by atoms with Gasteiger partial charge in [-0.25, -0.2) is 0 Å². The Morgan fingerprint density at radius 2 is 1.90 bits per heavy atom. The second-order valence-electron chi connectivity index (χ2n) is 7.36. The summed E-state index contributed by atoms with van der Waals surface area (Å²) < 4.78 is 5.06. The van der Waals surface area contributed by atoms with Crippen LogP contribution >= 0.6 is 0 Å². The van der Waals surface area contributed by atoms with Crippen molar-refractivity contribution in [1.29, 1.82) is 0 Å². The fourth-order valence-corrected chi connectivity index (χ4v) is 3.15. The molecule has 0 aliphatic carbocycles. The maximum Gasteiger partial charge on any atom is 0.308 e. The zero-order chi connectivity index (χ0) is 22.6. The molecule has 0 aromatic heterocycles. The van der Waals surface area contributed by atoms with Crippen molar-refractivity contribution in [3.05, 3.63) is 29.8 Å². The minimum absolute atomic E-state index is 0.0319. The molecule has 3 amide bonds. The Bertz CT molecular complexity index is 766. The normalized spacial score (nSPS) is 15.7. The molecule has 1 aromatic rings. The second kappa shape index (κ2) is 12.6. The van der Waals surface area contributed by atoms with E-state index in [0.29, 0.717) is 37.3 Å². The lowest BCUT2D eigenvalue weighted by Gasteiger charge is -2.34. The smallest absolute Gasteiger partial charge is 0.308 e. The number of nitrogens with zero attached hydrogens (tertiary/aromatic N) is 1. The summed E-state index contributed by atoms with van der Waals surface area (Å²) in [4.78, 5) is 50.3. The summed E-state index contributed by atoms with van der Waals surface area (Å²) in [7, 11) is 0. The second-order valence-corrected chi connectivity index (χ2v) is 7.36. The molecule has 1 atom stereocenters. The molecule has 1 aliphatic rings. The van der Waals surface area contributed by atoms with Gasteiger partial charge in [-0.2, -0.15) is 0 Å². The van der Waals surface area contributed by atoms with Crippen LogP contribution in [0.4, 0.5) is 5.69 Å². The molecule has 9 heteroatoms. The zero-order valence-electron chi connectivity index (χ0n) is 18.2. The summed E-state index contributed by atoms with van der Waals surface area (Å²) in [6, 6.07) is 5.96. The van der Waals surface area contributed by atoms with E-state index in [-0.39, 0.29) is 37.3 Å². The molecule has 1 aliphatic heterocycles. The van der Waals surface area contributed by atoms with Crippen LogP contribution < -0.4 is 16.0 Å². The molecule has 2 rings (SSSR count). The molecule has 0 saturated carbocycles. The van der Waals surface area contributed by atoms with Gasteiger partial charge in [0.15, 0.2) is 0 Å². The number of piperazine rings is 1. The number of benzene rings is 1. The summed E-state index contributed by atoms with van der Waals surface area (Å²) in [6.07, 6.45) is 2.46. The minimum Gasteiger partial charge on any atom is -0.466 e. The number of ether oxygens (including phenoxy) is 1. The van der Waals surface area contributed by atoms with Crippen LogP contribution in [0.2, 0.25) is 0 Å². The van der Waals surface area contributed by atoms with Crippen molar-refractivity contribution in [3.8, 4) is 0 Å². The first-order chi connectivity index (χ1) is 15.0. The fourth-order valence-electron chi connectivity index (χ4n) is 3.15. The van der Waals surface area contributed by atoms with Gasteiger partial charge in [-0.1, -0.05) is 20.3 Å². The van der Waals surface area contributed by atoms with Crippen molar-refractivity contribution in [1.82, 2.24) is 15.5 Å². The first kappa shape index (κ1) is 24.2. The van der Waals surface area contributed by atoms with Gasteiger partial charge in [-0.05, 0) is 37.1 Å². The summed E-state index contributed by atoms with van der Waals surface area (Å²) in [5.41, 5.74) is 1.23. The van der Waals surface area contributed by atoms with Crippen LogP contribution in [-0.2, 0) is 19.1 Å². The Kier molecular flexibility index (Phi) is 9.80. The molecule has 1 saturated heterocycles. The van der Waals surface area contributed by atoms with Gasteiger partial charge < -0.3 is 25.6 Å². The Labute approximate surface area is 182 Å². The van der Waals surface area contributed by atoms with Crippen molar-refractivity contribution >= 4 is 29.4 Å². The van der Waals surface area contributed by atoms with E-state index in [1.165, 1.54) is 4.90 Å². The van der Waals surface area contributed by atoms with Gasteiger partial charge in [0.25, 0.3) is 5.91 Å². The molecule has 0 bridgehead atoms. The number of amides is 3. The highest BCUT2D eigenvalue weighted by Crippen LogP contribution is 2.13. The number of esters is 1.